The molecule has 0 aromatic rings. The Morgan fingerprint density at radius 3 is 2.53 bits per heavy atom. The number of allylic oxidation sites excluding steroid dienone is 2. The molecule has 0 bridgehead atoms. The molecule has 0 radical (unpaired) electrons. The average molecular weight is 264 g/mol. The molecular weight excluding hydrogens is 240 g/mol. The van der Waals surface area contributed by atoms with Crippen molar-refractivity contribution in [3.63, 3.8) is 0 Å². The van der Waals surface area contributed by atoms with Gasteiger partial charge in [-0.1, -0.05) is 50.7 Å². The first kappa shape index (κ1) is 14.3. The molecule has 1 heterocycles. The van der Waals surface area contributed by atoms with E-state index in [9.17, 15) is 9.59 Å². The van der Waals surface area contributed by atoms with Crippen LogP contribution in [0.15, 0.2) is 11.6 Å². The van der Waals surface area contributed by atoms with E-state index in [1.165, 1.54) is 44.1 Å². The minimum absolute atomic E-state index is 0.187. The van der Waals surface area contributed by atoms with Gasteiger partial charge in [0.05, 0.1) is 11.8 Å². The van der Waals surface area contributed by atoms with Crippen LogP contribution in [0.1, 0.15) is 64.7 Å². The Morgan fingerprint density at radius 2 is 1.74 bits per heavy atom. The fourth-order valence-corrected chi connectivity index (χ4v) is 3.06. The molecule has 0 aromatic carbocycles. The zero-order chi connectivity index (χ0) is 13.7. The lowest BCUT2D eigenvalue weighted by Gasteiger charge is -2.20. The van der Waals surface area contributed by atoms with Gasteiger partial charge in [-0.05, 0) is 25.7 Å². The summed E-state index contributed by atoms with van der Waals surface area (Å²) in [6.07, 6.45) is 12.4. The third-order valence-electron chi connectivity index (χ3n) is 4.29. The first-order valence-electron chi connectivity index (χ1n) is 7.65. The van der Waals surface area contributed by atoms with Crippen LogP contribution < -0.4 is 0 Å². The van der Waals surface area contributed by atoms with Gasteiger partial charge < -0.3 is 4.74 Å². The van der Waals surface area contributed by atoms with Crippen molar-refractivity contribution in [3.05, 3.63) is 11.6 Å². The molecule has 1 saturated heterocycles. The van der Waals surface area contributed by atoms with Crippen molar-refractivity contribution in [1.29, 1.82) is 0 Å². The molecule has 1 aliphatic carbocycles. The smallest absolute Gasteiger partial charge is 0.317 e. The van der Waals surface area contributed by atoms with Crippen molar-refractivity contribution in [2.75, 3.05) is 0 Å². The summed E-state index contributed by atoms with van der Waals surface area (Å²) in [6.45, 7) is 2.23. The monoisotopic (exact) mass is 264 g/mol. The van der Waals surface area contributed by atoms with Crippen LogP contribution in [0.4, 0.5) is 0 Å². The summed E-state index contributed by atoms with van der Waals surface area (Å²) in [5.41, 5.74) is 1.35. The van der Waals surface area contributed by atoms with E-state index in [-0.39, 0.29) is 23.8 Å². The quantitative estimate of drug-likeness (QED) is 0.304. The first-order valence-corrected chi connectivity index (χ1v) is 7.65. The molecule has 19 heavy (non-hydrogen) atoms. The SMILES string of the molecule is CCCCCCCCC1=CCC2C(=O)OC(=O)C2C1. The Hall–Kier alpha value is -1.12. The van der Waals surface area contributed by atoms with Gasteiger partial charge in [0.15, 0.2) is 0 Å². The van der Waals surface area contributed by atoms with E-state index in [1.54, 1.807) is 0 Å². The van der Waals surface area contributed by atoms with Crippen molar-refractivity contribution in [2.24, 2.45) is 11.8 Å². The average Bonchev–Trinajstić information content (AvgIpc) is 2.69. The highest BCUT2D eigenvalue weighted by molar-refractivity contribution is 5.96. The number of fused-ring (bicyclic) bond motifs is 1. The van der Waals surface area contributed by atoms with Gasteiger partial charge in [-0.2, -0.15) is 0 Å². The van der Waals surface area contributed by atoms with Gasteiger partial charge in [0.2, 0.25) is 0 Å². The second-order valence-electron chi connectivity index (χ2n) is 5.77. The molecule has 3 nitrogen and oxygen atoms in total. The van der Waals surface area contributed by atoms with Crippen molar-refractivity contribution < 1.29 is 14.3 Å². The maximum atomic E-state index is 11.5. The number of hydrogen-bond acceptors (Lipinski definition) is 3. The number of carbonyl (C=O) groups is 2. The van der Waals surface area contributed by atoms with Gasteiger partial charge in [0.1, 0.15) is 0 Å². The highest BCUT2D eigenvalue weighted by Crippen LogP contribution is 2.37. The summed E-state index contributed by atoms with van der Waals surface area (Å²) >= 11 is 0. The first-order chi connectivity index (χ1) is 9.22. The highest BCUT2D eigenvalue weighted by atomic mass is 16.6. The number of cyclic esters (lactones) is 2. The summed E-state index contributed by atoms with van der Waals surface area (Å²) in [5.74, 6) is -0.998. The summed E-state index contributed by atoms with van der Waals surface area (Å²) in [6, 6.07) is 0. The van der Waals surface area contributed by atoms with Crippen LogP contribution in [-0.2, 0) is 14.3 Å². The van der Waals surface area contributed by atoms with Crippen molar-refractivity contribution in [3.8, 4) is 0 Å². The largest absolute Gasteiger partial charge is 0.393 e. The summed E-state index contributed by atoms with van der Waals surface area (Å²) in [5, 5.41) is 0. The number of esters is 2. The Balaban J connectivity index is 1.70. The molecule has 3 heteroatoms. The van der Waals surface area contributed by atoms with E-state index in [0.717, 1.165) is 12.8 Å². The van der Waals surface area contributed by atoms with Gasteiger partial charge in [0, 0.05) is 0 Å². The van der Waals surface area contributed by atoms with E-state index in [4.69, 9.17) is 4.74 Å². The van der Waals surface area contributed by atoms with Crippen LogP contribution in [0, 0.1) is 11.8 Å². The predicted octanol–water partition coefficient (Wildman–Crippen LogP) is 3.77. The predicted molar refractivity (Wildman–Crippen MR) is 73.4 cm³/mol. The van der Waals surface area contributed by atoms with Crippen LogP contribution in [0.2, 0.25) is 0 Å². The summed E-state index contributed by atoms with van der Waals surface area (Å²) < 4.78 is 4.72. The summed E-state index contributed by atoms with van der Waals surface area (Å²) in [4.78, 5) is 23.0. The zero-order valence-corrected chi connectivity index (χ0v) is 11.8. The molecule has 106 valence electrons. The second-order valence-corrected chi connectivity index (χ2v) is 5.77. The minimum atomic E-state index is -0.315. The topological polar surface area (TPSA) is 43.4 Å². The minimum Gasteiger partial charge on any atom is -0.393 e. The molecule has 0 aromatic heterocycles. The Kier molecular flexibility index (Phi) is 5.17. The van der Waals surface area contributed by atoms with Crippen LogP contribution >= 0.6 is 0 Å². The number of hydrogen-bond donors (Lipinski definition) is 0. The molecule has 0 amide bonds. The van der Waals surface area contributed by atoms with Gasteiger partial charge in [-0.3, -0.25) is 9.59 Å². The van der Waals surface area contributed by atoms with Crippen LogP contribution in [-0.4, -0.2) is 11.9 Å². The molecule has 2 aliphatic rings. The molecular formula is C16H24O3. The molecule has 2 atom stereocenters. The molecule has 0 spiro atoms. The molecule has 2 rings (SSSR count). The third-order valence-corrected chi connectivity index (χ3v) is 4.29. The molecule has 2 unspecified atom stereocenters. The maximum absolute atomic E-state index is 11.5. The highest BCUT2D eigenvalue weighted by Gasteiger charge is 2.45. The van der Waals surface area contributed by atoms with Gasteiger partial charge in [0.25, 0.3) is 0 Å². The van der Waals surface area contributed by atoms with E-state index in [0.29, 0.717) is 6.42 Å². The van der Waals surface area contributed by atoms with Crippen molar-refractivity contribution in [1.82, 2.24) is 0 Å². The van der Waals surface area contributed by atoms with Crippen LogP contribution in [0.3, 0.4) is 0 Å². The number of rotatable bonds is 7. The normalized spacial score (nSPS) is 26.1. The fraction of sp³-hybridized carbons (Fsp3) is 0.750. The fourth-order valence-electron chi connectivity index (χ4n) is 3.06. The lowest BCUT2D eigenvalue weighted by Crippen LogP contribution is -2.21. The van der Waals surface area contributed by atoms with Crippen LogP contribution in [0.5, 0.6) is 0 Å². The third kappa shape index (κ3) is 3.68. The number of carbonyl (C=O) groups excluding carboxylic acids is 2. The van der Waals surface area contributed by atoms with E-state index < -0.39 is 0 Å². The Bertz CT molecular complexity index is 370. The van der Waals surface area contributed by atoms with Crippen molar-refractivity contribution >= 4 is 11.9 Å². The Labute approximate surface area is 115 Å². The van der Waals surface area contributed by atoms with Crippen LogP contribution in [0.25, 0.3) is 0 Å². The Morgan fingerprint density at radius 1 is 1.05 bits per heavy atom. The van der Waals surface area contributed by atoms with E-state index in [2.05, 4.69) is 13.0 Å². The summed E-state index contributed by atoms with van der Waals surface area (Å²) in [7, 11) is 0. The standard InChI is InChI=1S/C16H24O3/c1-2-3-4-5-6-7-8-12-9-10-13-14(11-12)16(18)19-15(13)17/h9,13-14H,2-8,10-11H2,1H3. The van der Waals surface area contributed by atoms with E-state index >= 15 is 0 Å². The molecule has 1 aliphatic heterocycles. The lowest BCUT2D eigenvalue weighted by molar-refractivity contribution is -0.153. The van der Waals surface area contributed by atoms with Crippen molar-refractivity contribution in [2.45, 2.75) is 64.7 Å². The number of unbranched alkanes of at least 4 members (excludes halogenated alkanes) is 5. The number of ether oxygens (including phenoxy) is 1. The van der Waals surface area contributed by atoms with E-state index in [1.807, 2.05) is 0 Å². The van der Waals surface area contributed by atoms with Gasteiger partial charge in [-0.15, -0.1) is 0 Å². The second kappa shape index (κ2) is 6.88. The lowest BCUT2D eigenvalue weighted by atomic mass is 9.80. The van der Waals surface area contributed by atoms with Gasteiger partial charge in [-0.25, -0.2) is 0 Å². The molecule has 0 N–H and O–H groups in total. The molecule has 1 fully saturated rings. The zero-order valence-electron chi connectivity index (χ0n) is 11.8. The van der Waals surface area contributed by atoms with Gasteiger partial charge >= 0.3 is 11.9 Å². The molecule has 0 saturated carbocycles. The maximum Gasteiger partial charge on any atom is 0.317 e.